The molecule has 0 bridgehead atoms. The van der Waals surface area contributed by atoms with Crippen LogP contribution in [0.3, 0.4) is 0 Å². The summed E-state index contributed by atoms with van der Waals surface area (Å²) in [5.74, 6) is -0.948. The van der Waals surface area contributed by atoms with Crippen LogP contribution in [0, 0.1) is 24.1 Å². The average Bonchev–Trinajstić information content (AvgIpc) is 2.44. The fourth-order valence-electron chi connectivity index (χ4n) is 1.58. The van der Waals surface area contributed by atoms with Gasteiger partial charge in [0.2, 0.25) is 0 Å². The first-order chi connectivity index (χ1) is 9.51. The molecule has 1 amide bonds. The number of amides is 1. The first kappa shape index (κ1) is 14.2. The Morgan fingerprint density at radius 2 is 2.20 bits per heavy atom. The molecule has 4 nitrogen and oxygen atoms in total. The summed E-state index contributed by atoms with van der Waals surface area (Å²) in [5, 5.41) is 11.4. The van der Waals surface area contributed by atoms with E-state index >= 15 is 0 Å². The number of rotatable bonds is 2. The van der Waals surface area contributed by atoms with E-state index in [-0.39, 0.29) is 16.8 Å². The summed E-state index contributed by atoms with van der Waals surface area (Å²) in [5.41, 5.74) is 1.05. The highest BCUT2D eigenvalue weighted by molar-refractivity contribution is 9.10. The van der Waals surface area contributed by atoms with Crippen molar-refractivity contribution in [1.82, 2.24) is 4.98 Å². The van der Waals surface area contributed by atoms with E-state index in [1.807, 2.05) is 6.07 Å². The number of aromatic nitrogens is 1. The maximum Gasteiger partial charge on any atom is 0.257 e. The van der Waals surface area contributed by atoms with Gasteiger partial charge in [-0.1, -0.05) is 0 Å². The lowest BCUT2D eigenvalue weighted by Gasteiger charge is -2.09. The number of carbonyl (C=O) groups excluding carboxylic acids is 1. The van der Waals surface area contributed by atoms with Crippen LogP contribution in [0.25, 0.3) is 0 Å². The zero-order valence-electron chi connectivity index (χ0n) is 10.4. The molecule has 2 rings (SSSR count). The molecule has 0 fully saturated rings. The molecular formula is C14H9BrFN3O. The smallest absolute Gasteiger partial charge is 0.257 e. The van der Waals surface area contributed by atoms with Gasteiger partial charge in [0.1, 0.15) is 10.4 Å². The highest BCUT2D eigenvalue weighted by atomic mass is 79.9. The number of hydrogen-bond acceptors (Lipinski definition) is 3. The van der Waals surface area contributed by atoms with Crippen LogP contribution in [0.2, 0.25) is 0 Å². The van der Waals surface area contributed by atoms with Gasteiger partial charge in [-0.15, -0.1) is 0 Å². The minimum atomic E-state index is -0.534. The van der Waals surface area contributed by atoms with Crippen molar-refractivity contribution < 1.29 is 9.18 Å². The molecule has 1 N–H and O–H groups in total. The van der Waals surface area contributed by atoms with Crippen LogP contribution in [-0.4, -0.2) is 10.9 Å². The van der Waals surface area contributed by atoms with E-state index in [1.165, 1.54) is 19.2 Å². The molecule has 0 radical (unpaired) electrons. The Balaban J connectivity index is 2.30. The monoisotopic (exact) mass is 333 g/mol. The van der Waals surface area contributed by atoms with E-state index in [4.69, 9.17) is 5.26 Å². The first-order valence-electron chi connectivity index (χ1n) is 5.64. The topological polar surface area (TPSA) is 65.8 Å². The van der Waals surface area contributed by atoms with Crippen molar-refractivity contribution in [2.45, 2.75) is 6.92 Å². The number of hydrogen-bond donors (Lipinski definition) is 1. The number of halogens is 2. The molecule has 20 heavy (non-hydrogen) atoms. The van der Waals surface area contributed by atoms with Crippen molar-refractivity contribution in [2.75, 3.05) is 5.32 Å². The SMILES string of the molecule is Cc1c(F)cc(C#N)cc1NC(=O)c1ccc(Br)nc1. The van der Waals surface area contributed by atoms with Crippen LogP contribution in [0.1, 0.15) is 21.5 Å². The lowest BCUT2D eigenvalue weighted by atomic mass is 10.1. The van der Waals surface area contributed by atoms with E-state index in [2.05, 4.69) is 26.2 Å². The minimum Gasteiger partial charge on any atom is -0.322 e. The Kier molecular flexibility index (Phi) is 4.11. The van der Waals surface area contributed by atoms with Crippen molar-refractivity contribution in [1.29, 1.82) is 5.26 Å². The van der Waals surface area contributed by atoms with Crippen LogP contribution in [0.4, 0.5) is 10.1 Å². The number of pyridine rings is 1. The molecule has 0 saturated heterocycles. The molecular weight excluding hydrogens is 325 g/mol. The fraction of sp³-hybridized carbons (Fsp3) is 0.0714. The van der Waals surface area contributed by atoms with Crippen LogP contribution in [0.5, 0.6) is 0 Å². The van der Waals surface area contributed by atoms with Crippen LogP contribution in [-0.2, 0) is 0 Å². The summed E-state index contributed by atoms with van der Waals surface area (Å²) in [7, 11) is 0. The van der Waals surface area contributed by atoms with E-state index < -0.39 is 11.7 Å². The number of anilines is 1. The van der Waals surface area contributed by atoms with Gasteiger partial charge < -0.3 is 5.32 Å². The Labute approximate surface area is 123 Å². The third-order valence-corrected chi connectivity index (χ3v) is 3.18. The largest absolute Gasteiger partial charge is 0.322 e. The van der Waals surface area contributed by atoms with Crippen LogP contribution >= 0.6 is 15.9 Å². The highest BCUT2D eigenvalue weighted by Gasteiger charge is 2.12. The summed E-state index contributed by atoms with van der Waals surface area (Å²) in [4.78, 5) is 16.0. The Bertz CT molecular complexity index is 708. The summed E-state index contributed by atoms with van der Waals surface area (Å²) in [6.45, 7) is 1.53. The second kappa shape index (κ2) is 5.80. The van der Waals surface area contributed by atoms with E-state index in [0.29, 0.717) is 10.2 Å². The number of nitriles is 1. The van der Waals surface area contributed by atoms with E-state index in [0.717, 1.165) is 6.07 Å². The highest BCUT2D eigenvalue weighted by Crippen LogP contribution is 2.21. The minimum absolute atomic E-state index is 0.150. The summed E-state index contributed by atoms with van der Waals surface area (Å²) in [6.07, 6.45) is 1.40. The van der Waals surface area contributed by atoms with Crippen molar-refractivity contribution in [2.24, 2.45) is 0 Å². The number of benzene rings is 1. The molecule has 0 spiro atoms. The number of nitrogens with one attached hydrogen (secondary N) is 1. The van der Waals surface area contributed by atoms with Gasteiger partial charge in [0, 0.05) is 17.4 Å². The van der Waals surface area contributed by atoms with Gasteiger partial charge in [0.05, 0.1) is 17.2 Å². The lowest BCUT2D eigenvalue weighted by Crippen LogP contribution is -2.13. The third kappa shape index (κ3) is 3.00. The fourth-order valence-corrected chi connectivity index (χ4v) is 1.81. The summed E-state index contributed by atoms with van der Waals surface area (Å²) >= 11 is 3.17. The second-order valence-electron chi connectivity index (χ2n) is 4.07. The summed E-state index contributed by atoms with van der Waals surface area (Å²) < 4.78 is 14.2. The molecule has 0 atom stereocenters. The molecule has 1 aromatic carbocycles. The van der Waals surface area contributed by atoms with Crippen molar-refractivity contribution in [3.63, 3.8) is 0 Å². The zero-order chi connectivity index (χ0) is 14.7. The van der Waals surface area contributed by atoms with Gasteiger partial charge in [0.15, 0.2) is 0 Å². The molecule has 6 heteroatoms. The zero-order valence-corrected chi connectivity index (χ0v) is 12.0. The quantitative estimate of drug-likeness (QED) is 0.856. The van der Waals surface area contributed by atoms with Crippen molar-refractivity contribution >= 4 is 27.5 Å². The first-order valence-corrected chi connectivity index (χ1v) is 6.43. The van der Waals surface area contributed by atoms with Gasteiger partial charge in [-0.2, -0.15) is 5.26 Å². The predicted molar refractivity (Wildman–Crippen MR) is 75.7 cm³/mol. The molecule has 0 unspecified atom stereocenters. The van der Waals surface area contributed by atoms with Gasteiger partial charge in [-0.05, 0) is 47.1 Å². The van der Waals surface area contributed by atoms with E-state index in [1.54, 1.807) is 12.1 Å². The molecule has 100 valence electrons. The Morgan fingerprint density at radius 3 is 2.80 bits per heavy atom. The van der Waals surface area contributed by atoms with Crippen LogP contribution in [0.15, 0.2) is 35.1 Å². The van der Waals surface area contributed by atoms with Crippen molar-refractivity contribution in [3.8, 4) is 6.07 Å². The maximum absolute atomic E-state index is 13.6. The van der Waals surface area contributed by atoms with Gasteiger partial charge >= 0.3 is 0 Å². The van der Waals surface area contributed by atoms with E-state index in [9.17, 15) is 9.18 Å². The molecule has 0 aliphatic heterocycles. The van der Waals surface area contributed by atoms with Crippen molar-refractivity contribution in [3.05, 3.63) is 57.6 Å². The average molecular weight is 334 g/mol. The Morgan fingerprint density at radius 1 is 1.45 bits per heavy atom. The predicted octanol–water partition coefficient (Wildman–Crippen LogP) is 3.42. The van der Waals surface area contributed by atoms with Gasteiger partial charge in [-0.3, -0.25) is 4.79 Å². The normalized spacial score (nSPS) is 9.90. The number of carbonyl (C=O) groups is 1. The molecule has 2 aromatic rings. The maximum atomic E-state index is 13.6. The molecule has 1 heterocycles. The lowest BCUT2D eigenvalue weighted by molar-refractivity contribution is 0.102. The standard InChI is InChI=1S/C14H9BrFN3O/c1-8-11(16)4-9(6-17)5-12(8)19-14(20)10-2-3-13(15)18-7-10/h2-5,7H,1H3,(H,19,20). The third-order valence-electron chi connectivity index (χ3n) is 2.71. The van der Waals surface area contributed by atoms with Crippen LogP contribution < -0.4 is 5.32 Å². The van der Waals surface area contributed by atoms with Gasteiger partial charge in [0.25, 0.3) is 5.91 Å². The molecule has 0 aliphatic carbocycles. The molecule has 1 aromatic heterocycles. The van der Waals surface area contributed by atoms with Gasteiger partial charge in [-0.25, -0.2) is 9.37 Å². The molecule has 0 saturated carbocycles. The second-order valence-corrected chi connectivity index (χ2v) is 4.88. The molecule has 0 aliphatic rings. The summed E-state index contributed by atoms with van der Waals surface area (Å²) in [6, 6.07) is 7.63. The number of nitrogens with zero attached hydrogens (tertiary/aromatic N) is 2. The Hall–Kier alpha value is -2.26.